The summed E-state index contributed by atoms with van der Waals surface area (Å²) in [5.74, 6) is 0.394. The maximum atomic E-state index is 11.6. The van der Waals surface area contributed by atoms with E-state index in [9.17, 15) is 10.2 Å². The van der Waals surface area contributed by atoms with E-state index in [0.29, 0.717) is 5.92 Å². The van der Waals surface area contributed by atoms with E-state index in [1.807, 2.05) is 6.08 Å². The molecule has 4 heteroatoms. The molecule has 3 nitrogen and oxygen atoms in total. The van der Waals surface area contributed by atoms with Gasteiger partial charge in [0.1, 0.15) is 0 Å². The molecular weight excluding hydrogens is 328 g/mol. The van der Waals surface area contributed by atoms with Gasteiger partial charge in [0.2, 0.25) is 0 Å². The number of aliphatic hydroxyl groups excluding tert-OH is 1. The SMILES string of the molecule is C=C[C@@]1(O)CCC[C@H](O[Si](C)(C)C(C)(C)C)[C@@]12CC[C@H]1C[C@@H](O)C=C12. The Kier molecular flexibility index (Phi) is 4.68. The summed E-state index contributed by atoms with van der Waals surface area (Å²) in [5, 5.41) is 22.0. The molecule has 5 atom stereocenters. The van der Waals surface area contributed by atoms with Gasteiger partial charge in [0.25, 0.3) is 0 Å². The Balaban J connectivity index is 2.05. The van der Waals surface area contributed by atoms with Gasteiger partial charge < -0.3 is 14.6 Å². The van der Waals surface area contributed by atoms with E-state index in [-0.39, 0.29) is 17.2 Å². The molecule has 0 aliphatic heterocycles. The Morgan fingerprint density at radius 3 is 2.56 bits per heavy atom. The first-order valence-electron chi connectivity index (χ1n) is 9.91. The van der Waals surface area contributed by atoms with Crippen LogP contribution >= 0.6 is 0 Å². The average molecular weight is 365 g/mol. The van der Waals surface area contributed by atoms with E-state index in [2.05, 4.69) is 40.4 Å². The molecule has 0 amide bonds. The Morgan fingerprint density at radius 1 is 1.28 bits per heavy atom. The molecule has 2 saturated carbocycles. The van der Waals surface area contributed by atoms with Gasteiger partial charge in [-0.15, -0.1) is 6.58 Å². The van der Waals surface area contributed by atoms with E-state index in [0.717, 1.165) is 38.5 Å². The van der Waals surface area contributed by atoms with Crippen molar-refractivity contribution >= 4 is 8.32 Å². The van der Waals surface area contributed by atoms with Crippen molar-refractivity contribution < 1.29 is 14.6 Å². The second kappa shape index (κ2) is 6.05. The second-order valence-corrected chi connectivity index (χ2v) is 14.8. The normalized spacial score (nSPS) is 41.7. The van der Waals surface area contributed by atoms with Crippen molar-refractivity contribution in [1.29, 1.82) is 0 Å². The zero-order valence-corrected chi connectivity index (χ0v) is 17.6. The minimum absolute atomic E-state index is 0.0201. The van der Waals surface area contributed by atoms with Crippen LogP contribution in [0, 0.1) is 11.3 Å². The fraction of sp³-hybridized carbons (Fsp3) is 0.810. The number of rotatable bonds is 3. The Bertz CT molecular complexity index is 576. The quantitative estimate of drug-likeness (QED) is 0.570. The van der Waals surface area contributed by atoms with E-state index in [1.54, 1.807) is 6.08 Å². The third-order valence-electron chi connectivity index (χ3n) is 7.67. The summed E-state index contributed by atoms with van der Waals surface area (Å²) < 4.78 is 6.93. The minimum atomic E-state index is -1.96. The molecule has 25 heavy (non-hydrogen) atoms. The highest BCUT2D eigenvalue weighted by Crippen LogP contribution is 2.63. The summed E-state index contributed by atoms with van der Waals surface area (Å²) in [6.45, 7) is 15.4. The zero-order chi connectivity index (χ0) is 18.7. The first-order valence-corrected chi connectivity index (χ1v) is 12.8. The van der Waals surface area contributed by atoms with Crippen molar-refractivity contribution in [2.45, 2.75) is 95.2 Å². The van der Waals surface area contributed by atoms with Gasteiger partial charge in [-0.05, 0) is 62.6 Å². The summed E-state index contributed by atoms with van der Waals surface area (Å²) in [7, 11) is -1.96. The summed E-state index contributed by atoms with van der Waals surface area (Å²) in [5.41, 5.74) is -0.0704. The molecule has 0 saturated heterocycles. The average Bonchev–Trinajstić information content (AvgIpc) is 3.01. The standard InChI is InChI=1S/C21H36O3Si/c1-7-20(23)11-8-9-18(24-25(5,6)19(2,3)4)21(20)12-10-15-13-16(22)14-17(15)21/h7,14-16,18,22-23H,1,8-13H2,2-6H3/t15-,16+,18-,20+,21-/m0/s1. The summed E-state index contributed by atoms with van der Waals surface area (Å²) in [6, 6.07) is 0. The maximum Gasteiger partial charge on any atom is 0.192 e. The van der Waals surface area contributed by atoms with Gasteiger partial charge in [-0.2, -0.15) is 0 Å². The molecular formula is C21H36O3Si. The number of hydrogen-bond acceptors (Lipinski definition) is 3. The summed E-state index contributed by atoms with van der Waals surface area (Å²) >= 11 is 0. The molecule has 0 heterocycles. The fourth-order valence-corrected chi connectivity index (χ4v) is 6.64. The lowest BCUT2D eigenvalue weighted by molar-refractivity contribution is -0.116. The monoisotopic (exact) mass is 364 g/mol. The number of hydrogen-bond donors (Lipinski definition) is 2. The summed E-state index contributed by atoms with van der Waals surface area (Å²) in [4.78, 5) is 0. The molecule has 2 fully saturated rings. The smallest absolute Gasteiger partial charge is 0.192 e. The predicted octanol–water partition coefficient (Wildman–Crippen LogP) is 4.57. The molecule has 0 radical (unpaired) electrons. The molecule has 3 aliphatic rings. The molecule has 0 aromatic carbocycles. The lowest BCUT2D eigenvalue weighted by atomic mass is 9.58. The molecule has 0 aromatic rings. The number of aliphatic hydroxyl groups is 2. The van der Waals surface area contributed by atoms with Crippen LogP contribution in [0.1, 0.15) is 59.3 Å². The van der Waals surface area contributed by atoms with Gasteiger partial charge in [-0.3, -0.25) is 0 Å². The van der Waals surface area contributed by atoms with Crippen LogP contribution in [0.15, 0.2) is 24.3 Å². The Labute approximate surface area is 154 Å². The van der Waals surface area contributed by atoms with Gasteiger partial charge in [-0.25, -0.2) is 0 Å². The minimum Gasteiger partial charge on any atom is -0.413 e. The zero-order valence-electron chi connectivity index (χ0n) is 16.6. The molecule has 0 aromatic heterocycles. The van der Waals surface area contributed by atoms with Crippen LogP contribution in [-0.4, -0.2) is 36.3 Å². The van der Waals surface area contributed by atoms with Crippen LogP contribution in [0.4, 0.5) is 0 Å². The Morgan fingerprint density at radius 2 is 1.96 bits per heavy atom. The first-order chi connectivity index (χ1) is 11.5. The highest BCUT2D eigenvalue weighted by atomic mass is 28.4. The molecule has 0 bridgehead atoms. The molecule has 1 spiro atoms. The van der Waals surface area contributed by atoms with Gasteiger partial charge >= 0.3 is 0 Å². The maximum absolute atomic E-state index is 11.6. The van der Waals surface area contributed by atoms with Gasteiger partial charge in [0.05, 0.1) is 17.8 Å². The van der Waals surface area contributed by atoms with E-state index in [1.165, 1.54) is 5.57 Å². The van der Waals surface area contributed by atoms with Crippen LogP contribution in [-0.2, 0) is 4.43 Å². The van der Waals surface area contributed by atoms with Crippen molar-refractivity contribution in [1.82, 2.24) is 0 Å². The Hall–Kier alpha value is -0.423. The van der Waals surface area contributed by atoms with E-state index < -0.39 is 19.3 Å². The topological polar surface area (TPSA) is 49.7 Å². The molecule has 3 rings (SSSR count). The largest absolute Gasteiger partial charge is 0.413 e. The van der Waals surface area contributed by atoms with Crippen LogP contribution in [0.3, 0.4) is 0 Å². The van der Waals surface area contributed by atoms with Gasteiger partial charge in [-0.1, -0.05) is 38.5 Å². The highest BCUT2D eigenvalue weighted by Gasteiger charge is 2.63. The van der Waals surface area contributed by atoms with E-state index >= 15 is 0 Å². The number of fused-ring (bicyclic) bond motifs is 2. The van der Waals surface area contributed by atoms with Crippen molar-refractivity contribution in [2.75, 3.05) is 0 Å². The molecule has 0 unspecified atom stereocenters. The van der Waals surface area contributed by atoms with Gasteiger partial charge in [0, 0.05) is 5.41 Å². The molecule has 2 N–H and O–H groups in total. The van der Waals surface area contributed by atoms with Crippen molar-refractivity contribution in [3.63, 3.8) is 0 Å². The van der Waals surface area contributed by atoms with Crippen LogP contribution < -0.4 is 0 Å². The van der Waals surface area contributed by atoms with Crippen molar-refractivity contribution in [3.05, 3.63) is 24.3 Å². The third-order valence-corrected chi connectivity index (χ3v) is 12.2. The second-order valence-electron chi connectivity index (χ2n) is 10.0. The molecule has 3 aliphatic carbocycles. The molecule has 142 valence electrons. The first kappa shape index (κ1) is 19.3. The third kappa shape index (κ3) is 2.80. The highest BCUT2D eigenvalue weighted by molar-refractivity contribution is 6.74. The van der Waals surface area contributed by atoms with E-state index in [4.69, 9.17) is 4.43 Å². The van der Waals surface area contributed by atoms with Crippen LogP contribution in [0.25, 0.3) is 0 Å². The lowest BCUT2D eigenvalue weighted by Gasteiger charge is -2.55. The predicted molar refractivity (Wildman–Crippen MR) is 105 cm³/mol. The van der Waals surface area contributed by atoms with Crippen molar-refractivity contribution in [3.8, 4) is 0 Å². The lowest BCUT2D eigenvalue weighted by Crippen LogP contribution is -2.60. The van der Waals surface area contributed by atoms with Gasteiger partial charge in [0.15, 0.2) is 8.32 Å². The van der Waals surface area contributed by atoms with Crippen LogP contribution in [0.2, 0.25) is 18.1 Å². The fourth-order valence-electron chi connectivity index (χ4n) is 5.26. The van der Waals surface area contributed by atoms with Crippen molar-refractivity contribution in [2.24, 2.45) is 11.3 Å². The summed E-state index contributed by atoms with van der Waals surface area (Å²) in [6.07, 6.45) is 8.92. The van der Waals surface area contributed by atoms with Crippen LogP contribution in [0.5, 0.6) is 0 Å².